The van der Waals surface area contributed by atoms with Gasteiger partial charge in [-0.25, -0.2) is 0 Å². The summed E-state index contributed by atoms with van der Waals surface area (Å²) in [5, 5.41) is 0. The SMILES string of the molecule is FC(F)(F)CCC(F)(F)C(F)(F)C(F)(F)[Si](Cl)(Cl)Cl. The van der Waals surface area contributed by atoms with Crippen molar-refractivity contribution in [2.24, 2.45) is 0 Å². The maximum atomic E-state index is 13.0. The molecule has 0 nitrogen and oxygen atoms in total. The van der Waals surface area contributed by atoms with Gasteiger partial charge in [-0.2, -0.15) is 39.5 Å². The van der Waals surface area contributed by atoms with E-state index in [0.717, 1.165) is 0 Å². The van der Waals surface area contributed by atoms with E-state index in [1.807, 2.05) is 0 Å². The van der Waals surface area contributed by atoms with Crippen LogP contribution in [0.25, 0.3) is 0 Å². The first-order chi connectivity index (χ1) is 7.96. The smallest absolute Gasteiger partial charge is 0.200 e. The van der Waals surface area contributed by atoms with Gasteiger partial charge in [0, 0.05) is 12.8 Å². The van der Waals surface area contributed by atoms with Gasteiger partial charge >= 0.3 is 29.6 Å². The van der Waals surface area contributed by atoms with Crippen molar-refractivity contribution in [3.8, 4) is 0 Å². The van der Waals surface area contributed by atoms with Crippen LogP contribution in [0.3, 0.4) is 0 Å². The third-order valence-corrected chi connectivity index (χ3v) is 5.09. The van der Waals surface area contributed by atoms with Crippen LogP contribution >= 0.6 is 33.2 Å². The van der Waals surface area contributed by atoms with Crippen molar-refractivity contribution >= 4 is 39.2 Å². The lowest BCUT2D eigenvalue weighted by molar-refractivity contribution is -0.289. The van der Waals surface area contributed by atoms with Gasteiger partial charge in [0.05, 0.1) is 0 Å². The molecule has 116 valence electrons. The van der Waals surface area contributed by atoms with Gasteiger partial charge in [0.1, 0.15) is 0 Å². The third-order valence-electron chi connectivity index (χ3n) is 1.93. The van der Waals surface area contributed by atoms with Crippen LogP contribution in [0.2, 0.25) is 0 Å². The van der Waals surface area contributed by atoms with E-state index in [9.17, 15) is 39.5 Å². The number of alkyl halides is 9. The molecule has 0 aromatic rings. The van der Waals surface area contributed by atoms with Crippen LogP contribution in [0, 0.1) is 0 Å². The Morgan fingerprint density at radius 2 is 1.05 bits per heavy atom. The van der Waals surface area contributed by atoms with E-state index < -0.39 is 42.4 Å². The first-order valence-electron chi connectivity index (χ1n) is 4.22. The van der Waals surface area contributed by atoms with E-state index in [0.29, 0.717) is 0 Å². The predicted molar refractivity (Wildman–Crippen MR) is 53.4 cm³/mol. The van der Waals surface area contributed by atoms with Crippen molar-refractivity contribution in [3.05, 3.63) is 0 Å². The highest BCUT2D eigenvalue weighted by Gasteiger charge is 2.79. The summed E-state index contributed by atoms with van der Waals surface area (Å²) in [7, 11) is 0. The zero-order valence-electron chi connectivity index (χ0n) is 8.45. The standard InChI is InChI=1S/C6H4Cl3F9Si/c7-19(8,9)6(17,18)5(15,16)3(10,11)1-2-4(12,13)14/h1-2H2. The minimum Gasteiger partial charge on any atom is -0.200 e. The van der Waals surface area contributed by atoms with Crippen molar-refractivity contribution in [1.29, 1.82) is 0 Å². The molecule has 0 spiro atoms. The molecule has 0 aromatic heterocycles. The zero-order chi connectivity index (χ0) is 15.9. The summed E-state index contributed by atoms with van der Waals surface area (Å²) in [5.41, 5.74) is -5.72. The van der Waals surface area contributed by atoms with Crippen molar-refractivity contribution < 1.29 is 39.5 Å². The Bertz CT molecular complexity index is 321. The van der Waals surface area contributed by atoms with Crippen molar-refractivity contribution in [2.45, 2.75) is 36.4 Å². The van der Waals surface area contributed by atoms with Crippen LogP contribution in [-0.2, 0) is 0 Å². The Hall–Kier alpha value is 0.457. The molecule has 0 radical (unpaired) electrons. The molecule has 0 unspecified atom stereocenters. The molecule has 0 rings (SSSR count). The summed E-state index contributed by atoms with van der Waals surface area (Å²) < 4.78 is 113. The van der Waals surface area contributed by atoms with Gasteiger partial charge in [0.15, 0.2) is 0 Å². The summed E-state index contributed by atoms with van der Waals surface area (Å²) >= 11 is 13.8. The van der Waals surface area contributed by atoms with Crippen LogP contribution in [0.15, 0.2) is 0 Å². The quantitative estimate of drug-likeness (QED) is 0.338. The summed E-state index contributed by atoms with van der Waals surface area (Å²) in [5.74, 6) is -11.9. The Morgan fingerprint density at radius 1 is 0.684 bits per heavy atom. The summed E-state index contributed by atoms with van der Waals surface area (Å²) in [6.45, 7) is 0. The molecule has 0 bridgehead atoms. The first kappa shape index (κ1) is 19.5. The molecule has 0 aliphatic rings. The average molecular weight is 382 g/mol. The van der Waals surface area contributed by atoms with Gasteiger partial charge in [-0.1, -0.05) is 0 Å². The number of rotatable bonds is 5. The lowest BCUT2D eigenvalue weighted by Crippen LogP contribution is -2.62. The van der Waals surface area contributed by atoms with Gasteiger partial charge in [-0.3, -0.25) is 0 Å². The van der Waals surface area contributed by atoms with E-state index in [1.165, 1.54) is 0 Å². The molecule has 0 amide bonds. The monoisotopic (exact) mass is 380 g/mol. The number of hydrogen-bond acceptors (Lipinski definition) is 0. The van der Waals surface area contributed by atoms with E-state index in [4.69, 9.17) is 0 Å². The molecular weight excluding hydrogens is 377 g/mol. The molecule has 0 saturated carbocycles. The molecule has 19 heavy (non-hydrogen) atoms. The van der Waals surface area contributed by atoms with Gasteiger partial charge in [-0.15, -0.1) is 33.2 Å². The fraction of sp³-hybridized carbons (Fsp3) is 1.00. The zero-order valence-corrected chi connectivity index (χ0v) is 11.7. The molecule has 0 N–H and O–H groups in total. The minimum absolute atomic E-state index is 2.38. The summed E-state index contributed by atoms with van der Waals surface area (Å²) in [6, 6.07) is -5.63. The van der Waals surface area contributed by atoms with Crippen LogP contribution in [0.5, 0.6) is 0 Å². The predicted octanol–water partition coefficient (Wildman–Crippen LogP) is 5.43. The Balaban J connectivity index is 5.28. The average Bonchev–Trinajstić information content (AvgIpc) is 2.11. The van der Waals surface area contributed by atoms with E-state index in [-0.39, 0.29) is 0 Å². The fourth-order valence-corrected chi connectivity index (χ4v) is 2.47. The second kappa shape index (κ2) is 5.34. The van der Waals surface area contributed by atoms with Crippen LogP contribution in [-0.4, -0.2) is 29.6 Å². The highest BCUT2D eigenvalue weighted by atomic mass is 35.8. The summed E-state index contributed by atoms with van der Waals surface area (Å²) in [6.07, 6.45) is -10.1. The van der Waals surface area contributed by atoms with Gasteiger partial charge in [0.25, 0.3) is 0 Å². The molecule has 0 fully saturated rings. The topological polar surface area (TPSA) is 0 Å². The Morgan fingerprint density at radius 3 is 1.32 bits per heavy atom. The third kappa shape index (κ3) is 4.21. The second-order valence-corrected chi connectivity index (χ2v) is 11.9. The number of halogens is 12. The maximum Gasteiger partial charge on any atom is 0.424 e. The highest BCUT2D eigenvalue weighted by molar-refractivity contribution is 7.65. The minimum atomic E-state index is -6.21. The molecule has 0 aliphatic heterocycles. The maximum absolute atomic E-state index is 13.0. The van der Waals surface area contributed by atoms with Crippen LogP contribution in [0.1, 0.15) is 12.8 Å². The van der Waals surface area contributed by atoms with Crippen LogP contribution < -0.4 is 0 Å². The molecular formula is C6H4Cl3F9Si. The molecule has 0 saturated heterocycles. The highest BCUT2D eigenvalue weighted by Crippen LogP contribution is 2.55. The van der Waals surface area contributed by atoms with Crippen molar-refractivity contribution in [2.75, 3.05) is 0 Å². The second-order valence-electron chi connectivity index (χ2n) is 3.47. The lowest BCUT2D eigenvalue weighted by Gasteiger charge is -2.35. The van der Waals surface area contributed by atoms with Crippen LogP contribution in [0.4, 0.5) is 39.5 Å². The Labute approximate surface area is 115 Å². The van der Waals surface area contributed by atoms with E-state index in [1.54, 1.807) is 0 Å². The lowest BCUT2D eigenvalue weighted by atomic mass is 10.1. The largest absolute Gasteiger partial charge is 0.424 e. The normalized spacial score (nSPS) is 15.8. The van der Waals surface area contributed by atoms with Gasteiger partial charge in [0.2, 0.25) is 0 Å². The molecule has 13 heteroatoms. The molecule has 0 aliphatic carbocycles. The van der Waals surface area contributed by atoms with E-state index >= 15 is 0 Å². The summed E-state index contributed by atoms with van der Waals surface area (Å²) in [4.78, 5) is 0. The van der Waals surface area contributed by atoms with Crippen molar-refractivity contribution in [3.63, 3.8) is 0 Å². The first-order valence-corrected chi connectivity index (χ1v) is 9.26. The number of hydrogen-bond donors (Lipinski definition) is 0. The van der Waals surface area contributed by atoms with E-state index in [2.05, 4.69) is 33.2 Å². The molecule has 0 heterocycles. The fourth-order valence-electron chi connectivity index (χ4n) is 0.863. The van der Waals surface area contributed by atoms with Gasteiger partial charge in [-0.05, 0) is 0 Å². The Kier molecular flexibility index (Phi) is 5.47. The molecule has 0 atom stereocenters. The van der Waals surface area contributed by atoms with Crippen molar-refractivity contribution in [1.82, 2.24) is 0 Å². The molecule has 0 aromatic carbocycles. The van der Waals surface area contributed by atoms with Gasteiger partial charge < -0.3 is 0 Å².